The Balaban J connectivity index is 1.68. The van der Waals surface area contributed by atoms with Crippen LogP contribution in [0, 0.1) is 0 Å². The molecule has 4 rings (SSSR count). The van der Waals surface area contributed by atoms with Crippen LogP contribution < -0.4 is 4.90 Å². The number of halogens is 1. The summed E-state index contributed by atoms with van der Waals surface area (Å²) >= 11 is 5.78. The Kier molecular flexibility index (Phi) is 4.58. The number of anilines is 1. The van der Waals surface area contributed by atoms with Crippen LogP contribution >= 0.6 is 11.6 Å². The minimum atomic E-state index is -3.66. The quantitative estimate of drug-likeness (QED) is 0.709. The van der Waals surface area contributed by atoms with Gasteiger partial charge in [-0.25, -0.2) is 23.4 Å². The molecule has 2 aliphatic rings. The number of aromatic nitrogens is 3. The predicted molar refractivity (Wildman–Crippen MR) is 100 cm³/mol. The van der Waals surface area contributed by atoms with Crippen molar-refractivity contribution in [3.63, 3.8) is 0 Å². The van der Waals surface area contributed by atoms with Gasteiger partial charge >= 0.3 is 0 Å². The summed E-state index contributed by atoms with van der Waals surface area (Å²) in [4.78, 5) is 15.0. The highest BCUT2D eigenvalue weighted by atomic mass is 35.5. The Hall–Kier alpha value is -1.81. The Labute approximate surface area is 163 Å². The third-order valence-corrected chi connectivity index (χ3v) is 7.10. The first-order valence-corrected chi connectivity index (χ1v) is 10.4. The Morgan fingerprint density at radius 2 is 2.07 bits per heavy atom. The second kappa shape index (κ2) is 6.66. The Morgan fingerprint density at radius 1 is 1.26 bits per heavy atom. The number of hydrogen-bond acceptors (Lipinski definition) is 7. The summed E-state index contributed by atoms with van der Waals surface area (Å²) < 4.78 is 33.3. The van der Waals surface area contributed by atoms with Gasteiger partial charge in [0.1, 0.15) is 10.0 Å². The van der Waals surface area contributed by atoms with Crippen molar-refractivity contribution < 1.29 is 13.2 Å². The standard InChI is InChI=1S/C17H20ClN5O3S/c1-22(2)16-20-7-12-9-26-11-17(15(12)21-16)5-6-23(10-17)27(24,25)13-3-4-14(18)19-8-13/h3-4,7-8H,5-6,9-11H2,1-2H3. The second-order valence-corrected chi connectivity index (χ2v) is 9.44. The van der Waals surface area contributed by atoms with Crippen molar-refractivity contribution in [2.45, 2.75) is 23.3 Å². The summed E-state index contributed by atoms with van der Waals surface area (Å²) in [5.74, 6) is 0.609. The minimum Gasteiger partial charge on any atom is -0.376 e. The molecular formula is C17H20ClN5O3S. The van der Waals surface area contributed by atoms with Crippen LogP contribution in [-0.4, -0.2) is 61.5 Å². The third kappa shape index (κ3) is 3.18. The summed E-state index contributed by atoms with van der Waals surface area (Å²) in [5.41, 5.74) is 1.34. The van der Waals surface area contributed by atoms with Crippen molar-refractivity contribution in [3.8, 4) is 0 Å². The molecule has 1 spiro atoms. The van der Waals surface area contributed by atoms with Crippen LogP contribution in [0.1, 0.15) is 17.7 Å². The summed E-state index contributed by atoms with van der Waals surface area (Å²) in [6, 6.07) is 2.96. The fourth-order valence-electron chi connectivity index (χ4n) is 3.62. The number of fused-ring (bicyclic) bond motifs is 2. The number of nitrogens with zero attached hydrogens (tertiary/aromatic N) is 5. The molecule has 2 aromatic heterocycles. The van der Waals surface area contributed by atoms with Gasteiger partial charge in [0, 0.05) is 45.1 Å². The van der Waals surface area contributed by atoms with E-state index in [1.807, 2.05) is 19.0 Å². The van der Waals surface area contributed by atoms with Gasteiger partial charge < -0.3 is 9.64 Å². The van der Waals surface area contributed by atoms with Gasteiger partial charge in [0.05, 0.1) is 24.3 Å². The van der Waals surface area contributed by atoms with Crippen molar-refractivity contribution in [2.24, 2.45) is 0 Å². The molecule has 0 amide bonds. The van der Waals surface area contributed by atoms with Crippen LogP contribution in [0.15, 0.2) is 29.4 Å². The van der Waals surface area contributed by atoms with Crippen molar-refractivity contribution in [1.82, 2.24) is 19.3 Å². The monoisotopic (exact) mass is 409 g/mol. The first-order valence-electron chi connectivity index (χ1n) is 8.55. The third-order valence-electron chi connectivity index (χ3n) is 5.05. The second-order valence-electron chi connectivity index (χ2n) is 7.12. The summed E-state index contributed by atoms with van der Waals surface area (Å²) in [6.45, 7) is 1.59. The van der Waals surface area contributed by atoms with E-state index in [1.165, 1.54) is 22.6 Å². The minimum absolute atomic E-state index is 0.137. The number of ether oxygens (including phenoxy) is 1. The molecule has 0 aromatic carbocycles. The van der Waals surface area contributed by atoms with Crippen molar-refractivity contribution in [2.75, 3.05) is 38.7 Å². The lowest BCUT2D eigenvalue weighted by atomic mass is 9.81. The highest BCUT2D eigenvalue weighted by Gasteiger charge is 2.48. The van der Waals surface area contributed by atoms with Crippen molar-refractivity contribution in [3.05, 3.63) is 40.9 Å². The van der Waals surface area contributed by atoms with Gasteiger partial charge in [0.2, 0.25) is 16.0 Å². The van der Waals surface area contributed by atoms with Crippen molar-refractivity contribution in [1.29, 1.82) is 0 Å². The number of rotatable bonds is 3. The maximum Gasteiger partial charge on any atom is 0.244 e. The molecule has 0 radical (unpaired) electrons. The van der Waals surface area contributed by atoms with E-state index in [9.17, 15) is 8.42 Å². The van der Waals surface area contributed by atoms with Gasteiger partial charge in [-0.05, 0) is 18.6 Å². The molecule has 144 valence electrons. The Morgan fingerprint density at radius 3 is 2.78 bits per heavy atom. The van der Waals surface area contributed by atoms with Crippen LogP contribution in [0.4, 0.5) is 5.95 Å². The smallest absolute Gasteiger partial charge is 0.244 e. The highest BCUT2D eigenvalue weighted by molar-refractivity contribution is 7.89. The molecule has 27 heavy (non-hydrogen) atoms. The van der Waals surface area contributed by atoms with Crippen LogP contribution in [0.25, 0.3) is 0 Å². The van der Waals surface area contributed by atoms with E-state index in [0.717, 1.165) is 11.3 Å². The van der Waals surface area contributed by atoms with E-state index < -0.39 is 15.4 Å². The zero-order chi connectivity index (χ0) is 19.2. The van der Waals surface area contributed by atoms with E-state index in [4.69, 9.17) is 21.3 Å². The molecule has 1 atom stereocenters. The van der Waals surface area contributed by atoms with Gasteiger partial charge in [-0.2, -0.15) is 4.31 Å². The lowest BCUT2D eigenvalue weighted by molar-refractivity contribution is 0.0531. The fraction of sp³-hybridized carbons (Fsp3) is 0.471. The van der Waals surface area contributed by atoms with Crippen LogP contribution in [0.5, 0.6) is 0 Å². The average Bonchev–Trinajstić information content (AvgIpc) is 3.08. The largest absolute Gasteiger partial charge is 0.376 e. The molecule has 1 unspecified atom stereocenters. The zero-order valence-corrected chi connectivity index (χ0v) is 16.7. The maximum absolute atomic E-state index is 13.0. The topological polar surface area (TPSA) is 88.5 Å². The van der Waals surface area contributed by atoms with Gasteiger partial charge in [-0.3, -0.25) is 0 Å². The molecule has 1 fully saturated rings. The van der Waals surface area contributed by atoms with E-state index in [1.54, 1.807) is 6.20 Å². The predicted octanol–water partition coefficient (Wildman–Crippen LogP) is 1.45. The Bertz CT molecular complexity index is 967. The van der Waals surface area contributed by atoms with E-state index in [2.05, 4.69) is 9.97 Å². The fourth-order valence-corrected chi connectivity index (χ4v) is 5.20. The first kappa shape index (κ1) is 18.5. The summed E-state index contributed by atoms with van der Waals surface area (Å²) in [5, 5.41) is 0.259. The lowest BCUT2D eigenvalue weighted by Gasteiger charge is -2.34. The molecule has 0 aliphatic carbocycles. The molecular weight excluding hydrogens is 390 g/mol. The number of sulfonamides is 1. The maximum atomic E-state index is 13.0. The molecule has 1 saturated heterocycles. The van der Waals surface area contributed by atoms with Crippen LogP contribution in [-0.2, 0) is 26.8 Å². The van der Waals surface area contributed by atoms with Gasteiger partial charge in [0.25, 0.3) is 0 Å². The van der Waals surface area contributed by atoms with E-state index >= 15 is 0 Å². The molecule has 0 N–H and O–H groups in total. The highest BCUT2D eigenvalue weighted by Crippen LogP contribution is 2.41. The first-order chi connectivity index (χ1) is 12.8. The van der Waals surface area contributed by atoms with Crippen LogP contribution in [0.3, 0.4) is 0 Å². The SMILES string of the molecule is CN(C)c1ncc2c(n1)C1(CCN(S(=O)(=O)c3ccc(Cl)nc3)C1)COC2. The molecule has 0 saturated carbocycles. The van der Waals surface area contributed by atoms with E-state index in [-0.39, 0.29) is 10.0 Å². The van der Waals surface area contributed by atoms with E-state index in [0.29, 0.717) is 38.7 Å². The normalized spacial score (nSPS) is 22.8. The lowest BCUT2D eigenvalue weighted by Crippen LogP contribution is -2.42. The van der Waals surface area contributed by atoms with Gasteiger partial charge in [0.15, 0.2) is 0 Å². The summed E-state index contributed by atoms with van der Waals surface area (Å²) in [6.07, 6.45) is 3.71. The van der Waals surface area contributed by atoms with Crippen LogP contribution in [0.2, 0.25) is 5.15 Å². The molecule has 10 heteroatoms. The molecule has 2 aromatic rings. The molecule has 8 nitrogen and oxygen atoms in total. The zero-order valence-electron chi connectivity index (χ0n) is 15.1. The number of hydrogen-bond donors (Lipinski definition) is 0. The summed E-state index contributed by atoms with van der Waals surface area (Å²) in [7, 11) is 0.106. The van der Waals surface area contributed by atoms with Gasteiger partial charge in [-0.15, -0.1) is 0 Å². The molecule has 4 heterocycles. The molecule has 2 aliphatic heterocycles. The number of pyridine rings is 1. The van der Waals surface area contributed by atoms with Gasteiger partial charge in [-0.1, -0.05) is 11.6 Å². The average molecular weight is 410 g/mol. The molecule has 0 bridgehead atoms. The van der Waals surface area contributed by atoms with Crippen molar-refractivity contribution >= 4 is 27.6 Å².